The highest BCUT2D eigenvalue weighted by atomic mass is 16.7. The molecule has 0 aliphatic carbocycles. The third kappa shape index (κ3) is 27.3. The summed E-state index contributed by atoms with van der Waals surface area (Å²) in [6.07, 6.45) is 42.5. The van der Waals surface area contributed by atoms with E-state index in [0.717, 1.165) is 83.5 Å². The lowest BCUT2D eigenvalue weighted by molar-refractivity contribution is -0.302. The van der Waals surface area contributed by atoms with Gasteiger partial charge in [0, 0.05) is 6.42 Å². The maximum atomic E-state index is 12.9. The number of allylic oxidation sites excluding steroid dienone is 11. The second-order valence-electron chi connectivity index (χ2n) is 15.1. The molecule has 6 N–H and O–H groups in total. The van der Waals surface area contributed by atoms with E-state index >= 15 is 0 Å². The molecule has 56 heavy (non-hydrogen) atoms. The van der Waals surface area contributed by atoms with Crippen molar-refractivity contribution in [1.82, 2.24) is 5.32 Å². The molecule has 1 amide bonds. The van der Waals surface area contributed by atoms with E-state index in [1.807, 2.05) is 6.08 Å². The number of unbranched alkanes of at least 4 members (excludes halogenated alkanes) is 15. The number of aliphatic hydroxyl groups excluding tert-OH is 5. The van der Waals surface area contributed by atoms with Crippen molar-refractivity contribution in [2.75, 3.05) is 13.2 Å². The van der Waals surface area contributed by atoms with Crippen LogP contribution in [-0.4, -0.2) is 87.5 Å². The van der Waals surface area contributed by atoms with Gasteiger partial charge in [0.1, 0.15) is 24.4 Å². The largest absolute Gasteiger partial charge is 0.394 e. The summed E-state index contributed by atoms with van der Waals surface area (Å²) in [4.78, 5) is 12.9. The van der Waals surface area contributed by atoms with E-state index in [2.05, 4.69) is 79.9 Å². The first kappa shape index (κ1) is 51.6. The molecule has 1 saturated heterocycles. The highest BCUT2D eigenvalue weighted by molar-refractivity contribution is 5.76. The van der Waals surface area contributed by atoms with Gasteiger partial charge in [0.05, 0.1) is 25.4 Å². The van der Waals surface area contributed by atoms with Gasteiger partial charge < -0.3 is 40.3 Å². The minimum absolute atomic E-state index is 0.191. The van der Waals surface area contributed by atoms with Crippen molar-refractivity contribution in [1.29, 1.82) is 0 Å². The quantitative estimate of drug-likeness (QED) is 0.0276. The van der Waals surface area contributed by atoms with E-state index < -0.39 is 49.5 Å². The fraction of sp³-hybridized carbons (Fsp3) is 0.723. The molecule has 0 aromatic rings. The molecule has 0 spiro atoms. The SMILES string of the molecule is CC/C=C\C/C=C\C/C=C\C/C=C\C/C=C\CCCCCCCCCCCC(=O)NC(COC1OC(CO)C(O)C(O)C1O)C(O)/C=C/CCCCCCCC. The number of ether oxygens (including phenoxy) is 2. The average molecular weight is 788 g/mol. The monoisotopic (exact) mass is 788 g/mol. The first-order valence-corrected chi connectivity index (χ1v) is 22.2. The van der Waals surface area contributed by atoms with Crippen LogP contribution in [0.5, 0.6) is 0 Å². The maximum Gasteiger partial charge on any atom is 0.220 e. The van der Waals surface area contributed by atoms with Crippen LogP contribution in [-0.2, 0) is 14.3 Å². The molecule has 0 aromatic carbocycles. The third-order valence-electron chi connectivity index (χ3n) is 10.0. The van der Waals surface area contributed by atoms with Gasteiger partial charge in [0.25, 0.3) is 0 Å². The number of amides is 1. The van der Waals surface area contributed by atoms with E-state index in [1.165, 1.54) is 57.8 Å². The lowest BCUT2D eigenvalue weighted by Crippen LogP contribution is -2.60. The first-order valence-electron chi connectivity index (χ1n) is 22.2. The minimum atomic E-state index is -1.57. The van der Waals surface area contributed by atoms with E-state index in [-0.39, 0.29) is 12.5 Å². The molecular formula is C47H81NO8. The minimum Gasteiger partial charge on any atom is -0.394 e. The smallest absolute Gasteiger partial charge is 0.220 e. The van der Waals surface area contributed by atoms with E-state index in [0.29, 0.717) is 6.42 Å². The van der Waals surface area contributed by atoms with E-state index in [4.69, 9.17) is 9.47 Å². The Morgan fingerprint density at radius 1 is 0.625 bits per heavy atom. The summed E-state index contributed by atoms with van der Waals surface area (Å²) in [6, 6.07) is -0.809. The third-order valence-corrected chi connectivity index (χ3v) is 10.0. The topological polar surface area (TPSA) is 149 Å². The first-order chi connectivity index (χ1) is 27.3. The van der Waals surface area contributed by atoms with Crippen LogP contribution >= 0.6 is 0 Å². The molecule has 9 nitrogen and oxygen atoms in total. The summed E-state index contributed by atoms with van der Waals surface area (Å²) in [5.41, 5.74) is 0. The van der Waals surface area contributed by atoms with Crippen LogP contribution in [0.4, 0.5) is 0 Å². The summed E-state index contributed by atoms with van der Waals surface area (Å²) in [5.74, 6) is -0.191. The number of rotatable bonds is 35. The normalized spacial score (nSPS) is 21.9. The number of hydrogen-bond donors (Lipinski definition) is 6. The number of hydrogen-bond acceptors (Lipinski definition) is 8. The Bertz CT molecular complexity index is 1100. The highest BCUT2D eigenvalue weighted by Crippen LogP contribution is 2.22. The second-order valence-corrected chi connectivity index (χ2v) is 15.1. The van der Waals surface area contributed by atoms with Crippen molar-refractivity contribution in [2.24, 2.45) is 0 Å². The molecule has 0 aromatic heterocycles. The number of carbonyl (C=O) groups is 1. The molecule has 322 valence electrons. The predicted molar refractivity (Wildman–Crippen MR) is 230 cm³/mol. The fourth-order valence-corrected chi connectivity index (χ4v) is 6.47. The Kier molecular flexibility index (Phi) is 34.1. The van der Waals surface area contributed by atoms with Crippen LogP contribution in [0.1, 0.15) is 162 Å². The van der Waals surface area contributed by atoms with E-state index in [1.54, 1.807) is 6.08 Å². The zero-order chi connectivity index (χ0) is 40.9. The van der Waals surface area contributed by atoms with Crippen molar-refractivity contribution in [2.45, 2.75) is 204 Å². The van der Waals surface area contributed by atoms with Gasteiger partial charge in [-0.2, -0.15) is 0 Å². The molecule has 0 radical (unpaired) electrons. The van der Waals surface area contributed by atoms with Gasteiger partial charge in [0.15, 0.2) is 6.29 Å². The highest BCUT2D eigenvalue weighted by Gasteiger charge is 2.44. The van der Waals surface area contributed by atoms with Gasteiger partial charge in [-0.1, -0.05) is 164 Å². The van der Waals surface area contributed by atoms with Crippen LogP contribution in [0.3, 0.4) is 0 Å². The number of aliphatic hydroxyl groups is 5. The Balaban J connectivity index is 2.25. The standard InChI is InChI=1S/C47H81NO8/c1-3-5-7-9-11-13-14-15-16-17-18-19-20-21-22-23-24-25-26-27-28-29-31-33-35-37-43(51)48-40(41(50)36-34-32-30-12-10-8-6-4-2)39-55-47-46(54)45(53)44(52)42(38-49)56-47/h5,7,11,13,15-16,18-19,21-22,34,36,40-42,44-47,49-50,52-54H,3-4,6,8-10,12,14,17,20,23-33,35,37-39H2,1-2H3,(H,48,51)/b7-5-,13-11-,16-15-,19-18-,22-21-,36-34+. The zero-order valence-corrected chi connectivity index (χ0v) is 35.1. The molecule has 1 heterocycles. The Labute approximate surface area is 340 Å². The number of nitrogens with one attached hydrogen (secondary N) is 1. The number of carbonyl (C=O) groups excluding carboxylic acids is 1. The molecule has 1 aliphatic rings. The van der Waals surface area contributed by atoms with Crippen molar-refractivity contribution in [3.63, 3.8) is 0 Å². The maximum absolute atomic E-state index is 12.9. The fourth-order valence-electron chi connectivity index (χ4n) is 6.47. The molecule has 0 bridgehead atoms. The zero-order valence-electron chi connectivity index (χ0n) is 35.1. The Morgan fingerprint density at radius 3 is 1.64 bits per heavy atom. The summed E-state index contributed by atoms with van der Waals surface area (Å²) >= 11 is 0. The van der Waals surface area contributed by atoms with Crippen molar-refractivity contribution in [3.8, 4) is 0 Å². The molecule has 1 fully saturated rings. The Morgan fingerprint density at radius 2 is 1.11 bits per heavy atom. The second kappa shape index (κ2) is 36.9. The van der Waals surface area contributed by atoms with Crippen LogP contribution < -0.4 is 5.32 Å². The van der Waals surface area contributed by atoms with Crippen molar-refractivity contribution >= 4 is 5.91 Å². The molecule has 9 heteroatoms. The Hall–Kier alpha value is -2.37. The van der Waals surface area contributed by atoms with E-state index in [9.17, 15) is 30.3 Å². The van der Waals surface area contributed by atoms with Crippen LogP contribution in [0.15, 0.2) is 72.9 Å². The van der Waals surface area contributed by atoms with Gasteiger partial charge in [-0.3, -0.25) is 4.79 Å². The summed E-state index contributed by atoms with van der Waals surface area (Å²) in [6.45, 7) is 3.59. The van der Waals surface area contributed by atoms with Crippen LogP contribution in [0.2, 0.25) is 0 Å². The van der Waals surface area contributed by atoms with Gasteiger partial charge in [0.2, 0.25) is 5.91 Å². The lowest BCUT2D eigenvalue weighted by atomic mass is 9.99. The van der Waals surface area contributed by atoms with Gasteiger partial charge in [-0.25, -0.2) is 0 Å². The van der Waals surface area contributed by atoms with Crippen molar-refractivity contribution in [3.05, 3.63) is 72.9 Å². The summed E-state index contributed by atoms with van der Waals surface area (Å²) in [5, 5.41) is 53.9. The predicted octanol–water partition coefficient (Wildman–Crippen LogP) is 9.00. The van der Waals surface area contributed by atoms with Crippen LogP contribution in [0, 0.1) is 0 Å². The molecule has 7 atom stereocenters. The molecule has 0 saturated carbocycles. The average Bonchev–Trinajstić information content (AvgIpc) is 3.20. The van der Waals surface area contributed by atoms with Gasteiger partial charge in [-0.05, 0) is 64.2 Å². The van der Waals surface area contributed by atoms with Crippen molar-refractivity contribution < 1.29 is 39.8 Å². The molecule has 1 aliphatic heterocycles. The van der Waals surface area contributed by atoms with Crippen LogP contribution in [0.25, 0.3) is 0 Å². The summed E-state index contributed by atoms with van der Waals surface area (Å²) in [7, 11) is 0. The molecular weight excluding hydrogens is 707 g/mol. The van der Waals surface area contributed by atoms with Gasteiger partial charge >= 0.3 is 0 Å². The molecule has 1 rings (SSSR count). The lowest BCUT2D eigenvalue weighted by Gasteiger charge is -2.40. The molecule has 7 unspecified atom stereocenters. The van der Waals surface area contributed by atoms with Gasteiger partial charge in [-0.15, -0.1) is 0 Å². The summed E-state index contributed by atoms with van der Waals surface area (Å²) < 4.78 is 11.1.